The molecule has 0 saturated carbocycles. The number of carbonyl (C=O) groups excluding carboxylic acids is 1. The average Bonchev–Trinajstić information content (AvgIpc) is 3.40. The molecule has 0 spiro atoms. The molecule has 1 aliphatic rings. The normalized spacial score (nSPS) is 17.0. The summed E-state index contributed by atoms with van der Waals surface area (Å²) in [6.45, 7) is 2.14. The smallest absolute Gasteiger partial charge is 0.239 e. The van der Waals surface area contributed by atoms with E-state index in [1.165, 1.54) is 0 Å². The van der Waals surface area contributed by atoms with Gasteiger partial charge in [-0.1, -0.05) is 6.07 Å². The van der Waals surface area contributed by atoms with E-state index >= 15 is 0 Å². The van der Waals surface area contributed by atoms with Crippen LogP contribution in [0.5, 0.6) is 0 Å². The van der Waals surface area contributed by atoms with Crippen LogP contribution in [0.15, 0.2) is 48.9 Å². The van der Waals surface area contributed by atoms with Gasteiger partial charge in [0.1, 0.15) is 11.5 Å². The molecule has 1 aliphatic heterocycles. The van der Waals surface area contributed by atoms with E-state index in [-0.39, 0.29) is 5.91 Å². The van der Waals surface area contributed by atoms with Crippen molar-refractivity contribution in [1.82, 2.24) is 34.5 Å². The van der Waals surface area contributed by atoms with Gasteiger partial charge in [-0.2, -0.15) is 5.10 Å². The highest BCUT2D eigenvalue weighted by molar-refractivity contribution is 5.91. The summed E-state index contributed by atoms with van der Waals surface area (Å²) in [6, 6.07) is 9.56. The van der Waals surface area contributed by atoms with Crippen molar-refractivity contribution >= 4 is 11.7 Å². The Morgan fingerprint density at radius 1 is 1.24 bits per heavy atom. The number of hydrogen-bond donors (Lipinski definition) is 1. The molecule has 0 aliphatic carbocycles. The van der Waals surface area contributed by atoms with Gasteiger partial charge in [0.25, 0.3) is 0 Å². The van der Waals surface area contributed by atoms with Crippen LogP contribution in [-0.2, 0) is 4.79 Å². The van der Waals surface area contributed by atoms with Crippen molar-refractivity contribution in [3.05, 3.63) is 48.9 Å². The molecule has 1 N–H and O–H groups in total. The molecule has 3 aromatic heterocycles. The van der Waals surface area contributed by atoms with Crippen LogP contribution in [0.2, 0.25) is 0 Å². The fourth-order valence-electron chi connectivity index (χ4n) is 3.39. The number of pyridine rings is 1. The number of anilines is 1. The van der Waals surface area contributed by atoms with Crippen molar-refractivity contribution < 1.29 is 4.79 Å². The maximum atomic E-state index is 12.6. The van der Waals surface area contributed by atoms with Crippen LogP contribution < -0.4 is 5.32 Å². The second-order valence-electron chi connectivity index (χ2n) is 7.29. The van der Waals surface area contributed by atoms with Gasteiger partial charge >= 0.3 is 0 Å². The number of nitrogens with one attached hydrogen (secondary N) is 1. The molecule has 150 valence electrons. The number of hydrogen-bond acceptors (Lipinski definition) is 7. The maximum Gasteiger partial charge on any atom is 0.239 e. The van der Waals surface area contributed by atoms with Gasteiger partial charge in [0.05, 0.1) is 6.54 Å². The molecule has 1 amide bonds. The van der Waals surface area contributed by atoms with Crippen molar-refractivity contribution in [2.45, 2.75) is 12.5 Å². The molecule has 0 aromatic carbocycles. The van der Waals surface area contributed by atoms with Gasteiger partial charge in [-0.15, -0.1) is 0 Å². The number of likely N-dealkylation sites (N-methyl/N-ethyl adjacent to an activating group) is 1. The monoisotopic (exact) mass is 392 g/mol. The molecule has 4 heterocycles. The number of nitrogens with zero attached hydrogens (tertiary/aromatic N) is 7. The highest BCUT2D eigenvalue weighted by Gasteiger charge is 2.25. The van der Waals surface area contributed by atoms with Gasteiger partial charge in [0, 0.05) is 43.8 Å². The highest BCUT2D eigenvalue weighted by Crippen LogP contribution is 2.18. The summed E-state index contributed by atoms with van der Waals surface area (Å²) < 4.78 is 1.63. The van der Waals surface area contributed by atoms with Crippen LogP contribution in [-0.4, -0.2) is 80.2 Å². The summed E-state index contributed by atoms with van der Waals surface area (Å²) in [5.74, 6) is 1.33. The van der Waals surface area contributed by atoms with Gasteiger partial charge in [0.15, 0.2) is 11.6 Å². The molecule has 29 heavy (non-hydrogen) atoms. The standard InChI is InChI=1S/C20H24N8O/c1-26(2)15-7-11-27(13-15)14-19(29)23-17-12-18(28-10-5-9-22-28)25-20(24-17)16-6-3-4-8-21-16/h3-6,8-10,12,15H,7,11,13-14H2,1-2H3,(H,23,24,25,29)/t15-/m1/s1. The topological polar surface area (TPSA) is 92.1 Å². The van der Waals surface area contributed by atoms with Crippen molar-refractivity contribution in [1.29, 1.82) is 0 Å². The SMILES string of the molecule is CN(C)[C@@H]1CCN(CC(=O)Nc2cc(-n3cccn3)nc(-c3ccccn3)n2)C1. The zero-order valence-corrected chi connectivity index (χ0v) is 16.6. The number of rotatable bonds is 6. The van der Waals surface area contributed by atoms with E-state index in [1.807, 2.05) is 24.3 Å². The Morgan fingerprint density at radius 3 is 2.83 bits per heavy atom. The molecule has 0 bridgehead atoms. The van der Waals surface area contributed by atoms with E-state index in [1.54, 1.807) is 29.3 Å². The Balaban J connectivity index is 1.53. The van der Waals surface area contributed by atoms with E-state index in [2.05, 4.69) is 49.3 Å². The van der Waals surface area contributed by atoms with E-state index in [0.29, 0.717) is 35.7 Å². The Bertz CT molecular complexity index is 958. The third-order valence-corrected chi connectivity index (χ3v) is 4.96. The minimum absolute atomic E-state index is 0.0958. The Hall–Kier alpha value is -3.17. The molecule has 9 nitrogen and oxygen atoms in total. The van der Waals surface area contributed by atoms with Gasteiger partial charge < -0.3 is 10.2 Å². The van der Waals surface area contributed by atoms with E-state index in [4.69, 9.17) is 0 Å². The summed E-state index contributed by atoms with van der Waals surface area (Å²) in [5.41, 5.74) is 0.630. The Morgan fingerprint density at radius 2 is 2.14 bits per heavy atom. The van der Waals surface area contributed by atoms with E-state index in [0.717, 1.165) is 19.5 Å². The maximum absolute atomic E-state index is 12.6. The summed E-state index contributed by atoms with van der Waals surface area (Å²) in [6.07, 6.45) is 6.23. The summed E-state index contributed by atoms with van der Waals surface area (Å²) in [4.78, 5) is 30.4. The lowest BCUT2D eigenvalue weighted by Crippen LogP contribution is -2.35. The molecular formula is C20H24N8O. The predicted molar refractivity (Wildman–Crippen MR) is 110 cm³/mol. The average molecular weight is 392 g/mol. The lowest BCUT2D eigenvalue weighted by molar-refractivity contribution is -0.117. The van der Waals surface area contributed by atoms with Crippen molar-refractivity contribution in [2.75, 3.05) is 39.0 Å². The third kappa shape index (κ3) is 4.64. The van der Waals surface area contributed by atoms with Crippen LogP contribution in [0.25, 0.3) is 17.3 Å². The lowest BCUT2D eigenvalue weighted by Gasteiger charge is -2.20. The minimum atomic E-state index is -0.0958. The molecule has 1 fully saturated rings. The third-order valence-electron chi connectivity index (χ3n) is 4.96. The molecule has 4 rings (SSSR count). The first kappa shape index (κ1) is 19.2. The first-order chi connectivity index (χ1) is 14.1. The predicted octanol–water partition coefficient (Wildman–Crippen LogP) is 1.30. The molecule has 0 radical (unpaired) electrons. The van der Waals surface area contributed by atoms with E-state index < -0.39 is 0 Å². The Labute approximate surface area is 169 Å². The quantitative estimate of drug-likeness (QED) is 0.676. The number of amides is 1. The molecule has 0 unspecified atom stereocenters. The first-order valence-electron chi connectivity index (χ1n) is 9.57. The molecule has 1 saturated heterocycles. The summed E-state index contributed by atoms with van der Waals surface area (Å²) >= 11 is 0. The largest absolute Gasteiger partial charge is 0.309 e. The second-order valence-corrected chi connectivity index (χ2v) is 7.29. The molecule has 1 atom stereocenters. The number of aromatic nitrogens is 5. The highest BCUT2D eigenvalue weighted by atomic mass is 16.2. The van der Waals surface area contributed by atoms with Crippen LogP contribution in [0.3, 0.4) is 0 Å². The summed E-state index contributed by atoms with van der Waals surface area (Å²) in [5, 5.41) is 7.14. The van der Waals surface area contributed by atoms with Crippen molar-refractivity contribution in [3.8, 4) is 17.3 Å². The number of carbonyl (C=O) groups is 1. The molecule has 3 aromatic rings. The van der Waals surface area contributed by atoms with Crippen LogP contribution >= 0.6 is 0 Å². The molecular weight excluding hydrogens is 368 g/mol. The number of likely N-dealkylation sites (tertiary alicyclic amines) is 1. The van der Waals surface area contributed by atoms with Crippen LogP contribution in [0.4, 0.5) is 5.82 Å². The van der Waals surface area contributed by atoms with Gasteiger partial charge in [0.2, 0.25) is 5.91 Å². The lowest BCUT2D eigenvalue weighted by atomic mass is 10.2. The van der Waals surface area contributed by atoms with Gasteiger partial charge in [-0.25, -0.2) is 14.6 Å². The van der Waals surface area contributed by atoms with Crippen LogP contribution in [0, 0.1) is 0 Å². The minimum Gasteiger partial charge on any atom is -0.309 e. The van der Waals surface area contributed by atoms with E-state index in [9.17, 15) is 4.79 Å². The van der Waals surface area contributed by atoms with Crippen molar-refractivity contribution in [2.24, 2.45) is 0 Å². The second kappa shape index (κ2) is 8.46. The zero-order chi connectivity index (χ0) is 20.2. The summed E-state index contributed by atoms with van der Waals surface area (Å²) in [7, 11) is 4.15. The fraction of sp³-hybridized carbons (Fsp3) is 0.350. The van der Waals surface area contributed by atoms with Crippen molar-refractivity contribution in [3.63, 3.8) is 0 Å². The van der Waals surface area contributed by atoms with Crippen LogP contribution in [0.1, 0.15) is 6.42 Å². The fourth-order valence-corrected chi connectivity index (χ4v) is 3.39. The van der Waals surface area contributed by atoms with Gasteiger partial charge in [-0.05, 0) is 38.7 Å². The molecule has 9 heteroatoms. The zero-order valence-electron chi connectivity index (χ0n) is 16.6. The van der Waals surface area contributed by atoms with Gasteiger partial charge in [-0.3, -0.25) is 14.7 Å². The Kier molecular flexibility index (Phi) is 5.59. The first-order valence-corrected chi connectivity index (χ1v) is 9.57.